The van der Waals surface area contributed by atoms with E-state index in [0.29, 0.717) is 15.8 Å². The second-order valence-corrected chi connectivity index (χ2v) is 4.44. The van der Waals surface area contributed by atoms with Crippen molar-refractivity contribution in [2.24, 2.45) is 5.84 Å². The van der Waals surface area contributed by atoms with Gasteiger partial charge in [0.1, 0.15) is 5.75 Å². The zero-order valence-electron chi connectivity index (χ0n) is 9.84. The van der Waals surface area contributed by atoms with E-state index in [4.69, 9.17) is 33.8 Å². The molecule has 2 aromatic rings. The van der Waals surface area contributed by atoms with Crippen LogP contribution in [-0.2, 0) is 0 Å². The Bertz CT molecular complexity index is 666. The van der Waals surface area contributed by atoms with Gasteiger partial charge in [0.05, 0.1) is 27.1 Å². The molecule has 0 bridgehead atoms. The monoisotopic (exact) mass is 314 g/mol. The fourth-order valence-corrected chi connectivity index (χ4v) is 1.67. The third-order valence-corrected chi connectivity index (χ3v) is 3.00. The first-order chi connectivity index (χ1) is 9.49. The van der Waals surface area contributed by atoms with E-state index in [1.165, 1.54) is 18.2 Å². The summed E-state index contributed by atoms with van der Waals surface area (Å²) < 4.78 is 5.39. The molecule has 0 saturated heterocycles. The highest BCUT2D eigenvalue weighted by Gasteiger charge is 2.12. The summed E-state index contributed by atoms with van der Waals surface area (Å²) in [6.07, 6.45) is 0. The predicted octanol–water partition coefficient (Wildman–Crippen LogP) is 3.37. The number of anilines is 1. The number of pyridine rings is 1. The van der Waals surface area contributed by atoms with Gasteiger partial charge in [-0.1, -0.05) is 23.2 Å². The number of aromatic nitrogens is 1. The average molecular weight is 315 g/mol. The predicted molar refractivity (Wildman–Crippen MR) is 75.2 cm³/mol. The smallest absolute Gasteiger partial charge is 0.278 e. The van der Waals surface area contributed by atoms with Gasteiger partial charge < -0.3 is 10.2 Å². The van der Waals surface area contributed by atoms with Crippen molar-refractivity contribution in [1.29, 1.82) is 0 Å². The number of halogens is 2. The van der Waals surface area contributed by atoms with Crippen LogP contribution in [0.1, 0.15) is 0 Å². The molecule has 0 amide bonds. The quantitative estimate of drug-likeness (QED) is 0.509. The van der Waals surface area contributed by atoms with Crippen LogP contribution in [0.4, 0.5) is 11.5 Å². The van der Waals surface area contributed by atoms with E-state index in [-0.39, 0.29) is 17.4 Å². The summed E-state index contributed by atoms with van der Waals surface area (Å²) in [6.45, 7) is 0. The molecule has 1 aromatic carbocycles. The van der Waals surface area contributed by atoms with Gasteiger partial charge in [-0.2, -0.15) is 4.98 Å². The van der Waals surface area contributed by atoms with Crippen molar-refractivity contribution in [2.45, 2.75) is 0 Å². The minimum atomic E-state index is -0.579. The summed E-state index contributed by atoms with van der Waals surface area (Å²) in [5, 5.41) is 11.5. The fourth-order valence-electron chi connectivity index (χ4n) is 1.38. The number of rotatable bonds is 4. The molecule has 0 atom stereocenters. The van der Waals surface area contributed by atoms with Crippen molar-refractivity contribution in [3.63, 3.8) is 0 Å². The molecule has 2 rings (SSSR count). The number of benzene rings is 1. The molecular formula is C11H8Cl2N4O3. The van der Waals surface area contributed by atoms with Crippen molar-refractivity contribution in [3.05, 3.63) is 50.5 Å². The highest BCUT2D eigenvalue weighted by atomic mass is 35.5. The molecule has 0 saturated carbocycles. The first-order valence-electron chi connectivity index (χ1n) is 5.25. The molecule has 0 radical (unpaired) electrons. The number of hydrogen-bond donors (Lipinski definition) is 2. The SMILES string of the molecule is NNc1cc([N+](=O)[O-])cc(Oc2ccc(Cl)c(Cl)c2)n1. The maximum Gasteiger partial charge on any atom is 0.278 e. The standard InChI is InChI=1S/C11H8Cl2N4O3/c12-8-2-1-7(5-9(8)13)20-11-4-6(17(18)19)3-10(15-11)16-14/h1-5H,14H2,(H,15,16). The van der Waals surface area contributed by atoms with Crippen LogP contribution in [0.25, 0.3) is 0 Å². The molecular weight excluding hydrogens is 307 g/mol. The average Bonchev–Trinajstić information content (AvgIpc) is 2.42. The van der Waals surface area contributed by atoms with Gasteiger partial charge in [-0.3, -0.25) is 10.1 Å². The Morgan fingerprint density at radius 1 is 1.25 bits per heavy atom. The van der Waals surface area contributed by atoms with E-state index in [1.807, 2.05) is 0 Å². The van der Waals surface area contributed by atoms with Crippen LogP contribution >= 0.6 is 23.2 Å². The second kappa shape index (κ2) is 5.91. The second-order valence-electron chi connectivity index (χ2n) is 3.63. The van der Waals surface area contributed by atoms with E-state index in [9.17, 15) is 10.1 Å². The van der Waals surface area contributed by atoms with Crippen molar-refractivity contribution >= 4 is 34.7 Å². The number of nitrogens with two attached hydrogens (primary N) is 1. The molecule has 0 aliphatic rings. The Hall–Kier alpha value is -2.09. The molecule has 1 heterocycles. The molecule has 0 aliphatic carbocycles. The van der Waals surface area contributed by atoms with Crippen LogP contribution in [0.15, 0.2) is 30.3 Å². The molecule has 3 N–H and O–H groups in total. The number of nitro groups is 1. The largest absolute Gasteiger partial charge is 0.439 e. The van der Waals surface area contributed by atoms with Gasteiger partial charge in [0.15, 0.2) is 5.82 Å². The molecule has 104 valence electrons. The minimum Gasteiger partial charge on any atom is -0.439 e. The summed E-state index contributed by atoms with van der Waals surface area (Å²) >= 11 is 11.6. The van der Waals surface area contributed by atoms with Gasteiger partial charge in [0.2, 0.25) is 5.88 Å². The van der Waals surface area contributed by atoms with Crippen LogP contribution in [0.3, 0.4) is 0 Å². The van der Waals surface area contributed by atoms with E-state index in [0.717, 1.165) is 0 Å². The Kier molecular flexibility index (Phi) is 4.23. The zero-order chi connectivity index (χ0) is 14.7. The number of nitrogen functional groups attached to an aromatic ring is 1. The number of nitrogens with one attached hydrogen (secondary N) is 1. The van der Waals surface area contributed by atoms with Crippen LogP contribution in [0.2, 0.25) is 10.0 Å². The lowest BCUT2D eigenvalue weighted by molar-refractivity contribution is -0.384. The molecule has 0 unspecified atom stereocenters. The minimum absolute atomic E-state index is 0.00513. The zero-order valence-corrected chi connectivity index (χ0v) is 11.4. The molecule has 9 heteroatoms. The summed E-state index contributed by atoms with van der Waals surface area (Å²) in [7, 11) is 0. The third kappa shape index (κ3) is 3.27. The van der Waals surface area contributed by atoms with Gasteiger partial charge in [-0.05, 0) is 12.1 Å². The molecule has 7 nitrogen and oxygen atoms in total. The Morgan fingerprint density at radius 2 is 2.00 bits per heavy atom. The lowest BCUT2D eigenvalue weighted by atomic mass is 10.3. The van der Waals surface area contributed by atoms with E-state index >= 15 is 0 Å². The van der Waals surface area contributed by atoms with Crippen molar-refractivity contribution in [3.8, 4) is 11.6 Å². The lowest BCUT2D eigenvalue weighted by Gasteiger charge is -2.07. The first-order valence-corrected chi connectivity index (χ1v) is 6.01. The Labute approximate surface area is 123 Å². The maximum atomic E-state index is 10.8. The van der Waals surface area contributed by atoms with Crippen molar-refractivity contribution < 1.29 is 9.66 Å². The molecule has 20 heavy (non-hydrogen) atoms. The summed E-state index contributed by atoms with van der Waals surface area (Å²) in [4.78, 5) is 14.2. The summed E-state index contributed by atoms with van der Waals surface area (Å²) in [6, 6.07) is 6.92. The number of ether oxygens (including phenoxy) is 1. The van der Waals surface area contributed by atoms with Crippen LogP contribution < -0.4 is 16.0 Å². The van der Waals surface area contributed by atoms with E-state index < -0.39 is 4.92 Å². The first kappa shape index (κ1) is 14.3. The normalized spacial score (nSPS) is 10.2. The molecule has 0 fully saturated rings. The number of hydrazine groups is 1. The van der Waals surface area contributed by atoms with E-state index in [1.54, 1.807) is 12.1 Å². The lowest BCUT2D eigenvalue weighted by Crippen LogP contribution is -2.09. The number of hydrogen-bond acceptors (Lipinski definition) is 6. The van der Waals surface area contributed by atoms with Gasteiger partial charge in [-0.25, -0.2) is 5.84 Å². The highest BCUT2D eigenvalue weighted by molar-refractivity contribution is 6.42. The van der Waals surface area contributed by atoms with Crippen LogP contribution in [0, 0.1) is 10.1 Å². The molecule has 1 aromatic heterocycles. The Morgan fingerprint density at radius 3 is 2.60 bits per heavy atom. The maximum absolute atomic E-state index is 10.8. The molecule has 0 spiro atoms. The summed E-state index contributed by atoms with van der Waals surface area (Å²) in [5.74, 6) is 5.65. The third-order valence-electron chi connectivity index (χ3n) is 2.26. The van der Waals surface area contributed by atoms with Crippen molar-refractivity contribution in [1.82, 2.24) is 4.98 Å². The van der Waals surface area contributed by atoms with Crippen LogP contribution in [-0.4, -0.2) is 9.91 Å². The van der Waals surface area contributed by atoms with Gasteiger partial charge in [0.25, 0.3) is 5.69 Å². The van der Waals surface area contributed by atoms with Crippen LogP contribution in [0.5, 0.6) is 11.6 Å². The number of nitrogens with zero attached hydrogens (tertiary/aromatic N) is 2. The summed E-state index contributed by atoms with van der Waals surface area (Å²) in [5.41, 5.74) is 2.02. The fraction of sp³-hybridized carbons (Fsp3) is 0. The topological polar surface area (TPSA) is 103 Å². The highest BCUT2D eigenvalue weighted by Crippen LogP contribution is 2.30. The Balaban J connectivity index is 2.34. The van der Waals surface area contributed by atoms with Gasteiger partial charge in [0, 0.05) is 6.07 Å². The molecule has 0 aliphatic heterocycles. The van der Waals surface area contributed by atoms with Gasteiger partial charge >= 0.3 is 0 Å². The van der Waals surface area contributed by atoms with Gasteiger partial charge in [-0.15, -0.1) is 0 Å². The van der Waals surface area contributed by atoms with E-state index in [2.05, 4.69) is 10.4 Å². The van der Waals surface area contributed by atoms with Crippen molar-refractivity contribution in [2.75, 3.05) is 5.43 Å².